The molecule has 0 saturated heterocycles. The quantitative estimate of drug-likeness (QED) is 0.810. The standard InChI is InChI=1S/C17H26N2O3S/c1-13-9-11-16(12-10-13)23(21,22)19-14(2)17(20)18-15-7-5-3-4-6-8-15/h9-12,14-15,19H,3-8H2,1-2H3,(H,18,20)/t14-/m1/s1. The van der Waals surface area contributed by atoms with Gasteiger partial charge in [-0.2, -0.15) is 4.72 Å². The molecule has 1 aliphatic rings. The largest absolute Gasteiger partial charge is 0.352 e. The molecule has 0 spiro atoms. The molecule has 0 heterocycles. The summed E-state index contributed by atoms with van der Waals surface area (Å²) in [4.78, 5) is 12.4. The van der Waals surface area contributed by atoms with E-state index in [4.69, 9.17) is 0 Å². The van der Waals surface area contributed by atoms with Crippen LogP contribution in [0.5, 0.6) is 0 Å². The Labute approximate surface area is 138 Å². The van der Waals surface area contributed by atoms with E-state index in [1.807, 2.05) is 6.92 Å². The number of carbonyl (C=O) groups is 1. The maximum absolute atomic E-state index is 12.3. The Balaban J connectivity index is 1.95. The second-order valence-corrected chi connectivity index (χ2v) is 8.07. The van der Waals surface area contributed by atoms with Gasteiger partial charge in [-0.15, -0.1) is 0 Å². The van der Waals surface area contributed by atoms with Gasteiger partial charge in [0.1, 0.15) is 0 Å². The first kappa shape index (κ1) is 17.9. The highest BCUT2D eigenvalue weighted by Gasteiger charge is 2.24. The van der Waals surface area contributed by atoms with Crippen molar-refractivity contribution in [2.24, 2.45) is 0 Å². The molecule has 0 aliphatic heterocycles. The smallest absolute Gasteiger partial charge is 0.241 e. The van der Waals surface area contributed by atoms with Crippen molar-refractivity contribution in [2.75, 3.05) is 0 Å². The average Bonchev–Trinajstić information content (AvgIpc) is 2.76. The minimum Gasteiger partial charge on any atom is -0.352 e. The molecule has 5 nitrogen and oxygen atoms in total. The molecular weight excluding hydrogens is 312 g/mol. The first-order valence-corrected chi connectivity index (χ1v) is 9.76. The lowest BCUT2D eigenvalue weighted by molar-refractivity contribution is -0.123. The minimum atomic E-state index is -3.68. The second-order valence-electron chi connectivity index (χ2n) is 6.35. The molecule has 1 atom stereocenters. The third-order valence-electron chi connectivity index (χ3n) is 4.26. The maximum atomic E-state index is 12.3. The van der Waals surface area contributed by atoms with E-state index in [9.17, 15) is 13.2 Å². The summed E-state index contributed by atoms with van der Waals surface area (Å²) in [7, 11) is -3.68. The third-order valence-corrected chi connectivity index (χ3v) is 5.81. The van der Waals surface area contributed by atoms with E-state index >= 15 is 0 Å². The number of hydrogen-bond donors (Lipinski definition) is 2. The summed E-state index contributed by atoms with van der Waals surface area (Å²) in [5.41, 5.74) is 0.989. The fraction of sp³-hybridized carbons (Fsp3) is 0.588. The first-order valence-electron chi connectivity index (χ1n) is 8.28. The van der Waals surface area contributed by atoms with Crippen molar-refractivity contribution in [3.63, 3.8) is 0 Å². The van der Waals surface area contributed by atoms with Gasteiger partial charge in [0.05, 0.1) is 10.9 Å². The third kappa shape index (κ3) is 5.32. The number of sulfonamides is 1. The Kier molecular flexibility index (Phi) is 6.18. The highest BCUT2D eigenvalue weighted by Crippen LogP contribution is 2.17. The van der Waals surface area contributed by atoms with Crippen molar-refractivity contribution in [3.05, 3.63) is 29.8 Å². The molecule has 1 fully saturated rings. The van der Waals surface area contributed by atoms with Crippen LogP contribution in [0.4, 0.5) is 0 Å². The van der Waals surface area contributed by atoms with Crippen LogP contribution in [-0.2, 0) is 14.8 Å². The summed E-state index contributed by atoms with van der Waals surface area (Å²) >= 11 is 0. The van der Waals surface area contributed by atoms with Crippen LogP contribution in [0.3, 0.4) is 0 Å². The van der Waals surface area contributed by atoms with Crippen LogP contribution in [0.25, 0.3) is 0 Å². The van der Waals surface area contributed by atoms with Crippen LogP contribution in [0.2, 0.25) is 0 Å². The predicted molar refractivity (Wildman–Crippen MR) is 90.6 cm³/mol. The molecule has 23 heavy (non-hydrogen) atoms. The zero-order valence-electron chi connectivity index (χ0n) is 13.8. The molecule has 1 aliphatic carbocycles. The molecule has 1 aromatic carbocycles. The second kappa shape index (κ2) is 7.93. The SMILES string of the molecule is Cc1ccc(S(=O)(=O)N[C@H](C)C(=O)NC2CCCCCC2)cc1. The number of nitrogens with one attached hydrogen (secondary N) is 2. The van der Waals surface area contributed by atoms with Gasteiger partial charge in [0.25, 0.3) is 0 Å². The van der Waals surface area contributed by atoms with Crippen molar-refractivity contribution in [1.82, 2.24) is 10.0 Å². The monoisotopic (exact) mass is 338 g/mol. The first-order chi connectivity index (χ1) is 10.9. The zero-order chi connectivity index (χ0) is 16.9. The summed E-state index contributed by atoms with van der Waals surface area (Å²) in [6.45, 7) is 3.48. The summed E-state index contributed by atoms with van der Waals surface area (Å²) in [5, 5.41) is 2.98. The highest BCUT2D eigenvalue weighted by molar-refractivity contribution is 7.89. The van der Waals surface area contributed by atoms with Gasteiger partial charge in [-0.3, -0.25) is 4.79 Å². The molecule has 0 radical (unpaired) electrons. The lowest BCUT2D eigenvalue weighted by atomic mass is 10.1. The number of aryl methyl sites for hydroxylation is 1. The molecule has 2 N–H and O–H groups in total. The van der Waals surface area contributed by atoms with Crippen LogP contribution in [0.1, 0.15) is 51.0 Å². The highest BCUT2D eigenvalue weighted by atomic mass is 32.2. The lowest BCUT2D eigenvalue weighted by Crippen LogP contribution is -2.47. The molecule has 0 unspecified atom stereocenters. The fourth-order valence-electron chi connectivity index (χ4n) is 2.82. The summed E-state index contributed by atoms with van der Waals surface area (Å²) in [6, 6.07) is 5.96. The Hall–Kier alpha value is -1.40. The van der Waals surface area contributed by atoms with Crippen LogP contribution < -0.4 is 10.0 Å². The number of hydrogen-bond acceptors (Lipinski definition) is 3. The van der Waals surface area contributed by atoms with Crippen LogP contribution >= 0.6 is 0 Å². The average molecular weight is 338 g/mol. The number of rotatable bonds is 5. The van der Waals surface area contributed by atoms with Crippen LogP contribution in [0.15, 0.2) is 29.2 Å². The Bertz CT molecular complexity index is 618. The molecule has 0 bridgehead atoms. The van der Waals surface area contributed by atoms with E-state index < -0.39 is 16.1 Å². The van der Waals surface area contributed by atoms with Gasteiger partial charge in [-0.1, -0.05) is 43.4 Å². The van der Waals surface area contributed by atoms with E-state index in [2.05, 4.69) is 10.0 Å². The Morgan fingerprint density at radius 3 is 2.22 bits per heavy atom. The van der Waals surface area contributed by atoms with Crippen molar-refractivity contribution >= 4 is 15.9 Å². The molecular formula is C17H26N2O3S. The van der Waals surface area contributed by atoms with Crippen molar-refractivity contribution < 1.29 is 13.2 Å². The van der Waals surface area contributed by atoms with Gasteiger partial charge in [0, 0.05) is 6.04 Å². The summed E-state index contributed by atoms with van der Waals surface area (Å²) < 4.78 is 27.1. The Morgan fingerprint density at radius 1 is 1.09 bits per heavy atom. The number of benzene rings is 1. The molecule has 6 heteroatoms. The van der Waals surface area contributed by atoms with Gasteiger partial charge in [-0.05, 0) is 38.8 Å². The minimum absolute atomic E-state index is 0.163. The molecule has 128 valence electrons. The van der Waals surface area contributed by atoms with Crippen LogP contribution in [-0.4, -0.2) is 26.4 Å². The van der Waals surface area contributed by atoms with Crippen molar-refractivity contribution in [1.29, 1.82) is 0 Å². The summed E-state index contributed by atoms with van der Waals surface area (Å²) in [6.07, 6.45) is 6.61. The van der Waals surface area contributed by atoms with E-state index in [0.29, 0.717) is 0 Å². The topological polar surface area (TPSA) is 75.3 Å². The lowest BCUT2D eigenvalue weighted by Gasteiger charge is -2.20. The number of carbonyl (C=O) groups excluding carboxylic acids is 1. The van der Waals surface area contributed by atoms with Crippen molar-refractivity contribution in [2.45, 2.75) is 69.4 Å². The molecule has 1 amide bonds. The maximum Gasteiger partial charge on any atom is 0.241 e. The molecule has 2 rings (SSSR count). The Morgan fingerprint density at radius 2 is 1.65 bits per heavy atom. The molecule has 1 saturated carbocycles. The van der Waals surface area contributed by atoms with Crippen LogP contribution in [0, 0.1) is 6.92 Å². The summed E-state index contributed by atoms with van der Waals surface area (Å²) in [5.74, 6) is -0.257. The molecule has 0 aromatic heterocycles. The van der Waals surface area contributed by atoms with Gasteiger partial charge in [-0.25, -0.2) is 8.42 Å². The normalized spacial score (nSPS) is 18.2. The van der Waals surface area contributed by atoms with Gasteiger partial charge in [0.2, 0.25) is 15.9 Å². The van der Waals surface area contributed by atoms with E-state index in [0.717, 1.165) is 31.2 Å². The van der Waals surface area contributed by atoms with E-state index in [-0.39, 0.29) is 16.8 Å². The fourth-order valence-corrected chi connectivity index (χ4v) is 4.02. The van der Waals surface area contributed by atoms with Crippen molar-refractivity contribution in [3.8, 4) is 0 Å². The van der Waals surface area contributed by atoms with Gasteiger partial charge in [0.15, 0.2) is 0 Å². The molecule has 1 aromatic rings. The van der Waals surface area contributed by atoms with Gasteiger partial charge >= 0.3 is 0 Å². The number of amides is 1. The van der Waals surface area contributed by atoms with Gasteiger partial charge < -0.3 is 5.32 Å². The zero-order valence-corrected chi connectivity index (χ0v) is 14.7. The van der Waals surface area contributed by atoms with E-state index in [1.54, 1.807) is 31.2 Å². The van der Waals surface area contributed by atoms with E-state index in [1.165, 1.54) is 12.8 Å². The predicted octanol–water partition coefficient (Wildman–Crippen LogP) is 2.50.